The number of amides is 1. The number of anilines is 1. The van der Waals surface area contributed by atoms with Crippen molar-refractivity contribution in [3.05, 3.63) is 18.5 Å². The molecule has 1 unspecified atom stereocenters. The SMILES string of the molecule is CCC1(C(=O)N2CCN(c3ncccn3)CC2)CCCN1.Cl.Cl. The Hall–Kier alpha value is -1.11. The lowest BCUT2D eigenvalue weighted by Crippen LogP contribution is -2.59. The van der Waals surface area contributed by atoms with Crippen LogP contribution in [0.5, 0.6) is 0 Å². The first-order valence-corrected chi connectivity index (χ1v) is 7.81. The molecule has 0 bridgehead atoms. The predicted molar refractivity (Wildman–Crippen MR) is 95.6 cm³/mol. The van der Waals surface area contributed by atoms with Gasteiger partial charge in [-0.3, -0.25) is 4.79 Å². The Bertz CT molecular complexity index is 488. The van der Waals surface area contributed by atoms with E-state index in [1.807, 2.05) is 11.0 Å². The number of carbonyl (C=O) groups is 1. The Morgan fingerprint density at radius 1 is 1.22 bits per heavy atom. The van der Waals surface area contributed by atoms with Crippen molar-refractivity contribution in [1.82, 2.24) is 20.2 Å². The van der Waals surface area contributed by atoms with Gasteiger partial charge in [0.15, 0.2) is 0 Å². The van der Waals surface area contributed by atoms with E-state index in [9.17, 15) is 4.79 Å². The molecule has 1 aromatic rings. The smallest absolute Gasteiger partial charge is 0.242 e. The molecule has 0 spiro atoms. The van der Waals surface area contributed by atoms with Crippen molar-refractivity contribution in [1.29, 1.82) is 0 Å². The lowest BCUT2D eigenvalue weighted by atomic mass is 9.92. The summed E-state index contributed by atoms with van der Waals surface area (Å²) in [6.07, 6.45) is 6.44. The van der Waals surface area contributed by atoms with Gasteiger partial charge >= 0.3 is 0 Å². The summed E-state index contributed by atoms with van der Waals surface area (Å²) in [4.78, 5) is 25.5. The molecule has 0 aromatic carbocycles. The average Bonchev–Trinajstić information content (AvgIpc) is 3.05. The Morgan fingerprint density at radius 2 is 1.87 bits per heavy atom. The lowest BCUT2D eigenvalue weighted by Gasteiger charge is -2.39. The van der Waals surface area contributed by atoms with Crippen LogP contribution >= 0.6 is 24.8 Å². The monoisotopic (exact) mass is 361 g/mol. The molecule has 2 fully saturated rings. The van der Waals surface area contributed by atoms with Crippen molar-refractivity contribution in [2.45, 2.75) is 31.7 Å². The van der Waals surface area contributed by atoms with Gasteiger partial charge in [0, 0.05) is 38.6 Å². The fourth-order valence-corrected chi connectivity index (χ4v) is 3.31. The van der Waals surface area contributed by atoms with Gasteiger partial charge in [-0.25, -0.2) is 9.97 Å². The molecule has 1 aromatic heterocycles. The van der Waals surface area contributed by atoms with Gasteiger partial charge in [-0.2, -0.15) is 0 Å². The summed E-state index contributed by atoms with van der Waals surface area (Å²) in [5.74, 6) is 1.03. The summed E-state index contributed by atoms with van der Waals surface area (Å²) < 4.78 is 0. The fourth-order valence-electron chi connectivity index (χ4n) is 3.31. The van der Waals surface area contributed by atoms with Crippen molar-refractivity contribution in [2.24, 2.45) is 0 Å². The number of hydrogen-bond acceptors (Lipinski definition) is 5. The molecule has 1 atom stereocenters. The summed E-state index contributed by atoms with van der Waals surface area (Å²) >= 11 is 0. The van der Waals surface area contributed by atoms with Crippen molar-refractivity contribution < 1.29 is 4.79 Å². The van der Waals surface area contributed by atoms with Crippen LogP contribution in [0.3, 0.4) is 0 Å². The van der Waals surface area contributed by atoms with E-state index in [-0.39, 0.29) is 36.3 Å². The summed E-state index contributed by atoms with van der Waals surface area (Å²) in [5.41, 5.74) is -0.314. The van der Waals surface area contributed by atoms with Crippen LogP contribution in [0.1, 0.15) is 26.2 Å². The zero-order valence-corrected chi connectivity index (χ0v) is 15.0. The quantitative estimate of drug-likeness (QED) is 0.883. The molecule has 130 valence electrons. The van der Waals surface area contributed by atoms with Crippen LogP contribution < -0.4 is 10.2 Å². The highest BCUT2D eigenvalue weighted by atomic mass is 35.5. The van der Waals surface area contributed by atoms with E-state index in [0.29, 0.717) is 0 Å². The number of hydrogen-bond donors (Lipinski definition) is 1. The molecule has 3 heterocycles. The molecular formula is C15H25Cl2N5O. The van der Waals surface area contributed by atoms with Crippen molar-refractivity contribution in [3.63, 3.8) is 0 Å². The number of nitrogens with zero attached hydrogens (tertiary/aromatic N) is 4. The van der Waals surface area contributed by atoms with Crippen LogP contribution in [-0.4, -0.2) is 59.0 Å². The molecule has 1 amide bonds. The van der Waals surface area contributed by atoms with Crippen LogP contribution in [0.4, 0.5) is 5.95 Å². The molecule has 1 N–H and O–H groups in total. The van der Waals surface area contributed by atoms with Gasteiger partial charge in [0.25, 0.3) is 0 Å². The molecular weight excluding hydrogens is 337 g/mol. The first-order chi connectivity index (χ1) is 10.2. The molecule has 2 saturated heterocycles. The van der Waals surface area contributed by atoms with Gasteiger partial charge in [-0.15, -0.1) is 24.8 Å². The van der Waals surface area contributed by atoms with E-state index in [1.54, 1.807) is 12.4 Å². The summed E-state index contributed by atoms with van der Waals surface area (Å²) in [7, 11) is 0. The number of carbonyl (C=O) groups excluding carboxylic acids is 1. The Morgan fingerprint density at radius 3 is 2.39 bits per heavy atom. The van der Waals surface area contributed by atoms with Crippen LogP contribution in [-0.2, 0) is 4.79 Å². The molecule has 6 nitrogen and oxygen atoms in total. The van der Waals surface area contributed by atoms with Crippen molar-refractivity contribution >= 4 is 36.7 Å². The molecule has 0 saturated carbocycles. The zero-order chi connectivity index (χ0) is 14.7. The zero-order valence-electron chi connectivity index (χ0n) is 13.4. The number of piperazine rings is 1. The van der Waals surface area contributed by atoms with Crippen LogP contribution in [0.2, 0.25) is 0 Å². The minimum atomic E-state index is -0.314. The number of aromatic nitrogens is 2. The molecule has 8 heteroatoms. The molecule has 23 heavy (non-hydrogen) atoms. The highest BCUT2D eigenvalue weighted by molar-refractivity contribution is 5.87. The Labute approximate surface area is 149 Å². The Kier molecular flexibility index (Phi) is 7.51. The van der Waals surface area contributed by atoms with Crippen molar-refractivity contribution in [3.8, 4) is 0 Å². The normalized spacial score (nSPS) is 23.9. The molecule has 2 aliphatic rings. The first kappa shape index (κ1) is 19.9. The first-order valence-electron chi connectivity index (χ1n) is 7.81. The van der Waals surface area contributed by atoms with Gasteiger partial charge in [-0.1, -0.05) is 6.92 Å². The average molecular weight is 362 g/mol. The molecule has 2 aliphatic heterocycles. The van der Waals surface area contributed by atoms with Crippen LogP contribution in [0, 0.1) is 0 Å². The maximum absolute atomic E-state index is 12.8. The second-order valence-corrected chi connectivity index (χ2v) is 5.79. The number of nitrogens with one attached hydrogen (secondary N) is 1. The Balaban J connectivity index is 0.00000132. The summed E-state index contributed by atoms with van der Waals surface area (Å²) in [6, 6.07) is 1.82. The molecule has 3 rings (SSSR count). The maximum Gasteiger partial charge on any atom is 0.242 e. The summed E-state index contributed by atoms with van der Waals surface area (Å²) in [6.45, 7) is 6.16. The highest BCUT2D eigenvalue weighted by Gasteiger charge is 2.42. The van der Waals surface area contributed by atoms with E-state index in [4.69, 9.17) is 0 Å². The fraction of sp³-hybridized carbons (Fsp3) is 0.667. The number of halogens is 2. The standard InChI is InChI=1S/C15H23N5O.2ClH/c1-2-15(5-3-8-18-15)13(21)19-9-11-20(12-10-19)14-16-6-4-7-17-14;;/h4,6-7,18H,2-3,5,8-12H2,1H3;2*1H. The van der Waals surface area contributed by atoms with E-state index < -0.39 is 0 Å². The van der Waals surface area contributed by atoms with Gasteiger partial charge in [-0.05, 0) is 31.9 Å². The van der Waals surface area contributed by atoms with E-state index in [2.05, 4.69) is 27.1 Å². The topological polar surface area (TPSA) is 61.4 Å². The third-order valence-corrected chi connectivity index (χ3v) is 4.66. The lowest BCUT2D eigenvalue weighted by molar-refractivity contribution is -0.138. The summed E-state index contributed by atoms with van der Waals surface area (Å²) in [5, 5.41) is 3.43. The van der Waals surface area contributed by atoms with Gasteiger partial charge in [0.1, 0.15) is 0 Å². The minimum absolute atomic E-state index is 0. The highest BCUT2D eigenvalue weighted by Crippen LogP contribution is 2.26. The molecule has 0 radical (unpaired) electrons. The third-order valence-electron chi connectivity index (χ3n) is 4.66. The van der Waals surface area contributed by atoms with E-state index in [0.717, 1.165) is 57.9 Å². The van der Waals surface area contributed by atoms with Gasteiger partial charge in [0.2, 0.25) is 11.9 Å². The number of rotatable bonds is 3. The largest absolute Gasteiger partial charge is 0.338 e. The van der Waals surface area contributed by atoms with Gasteiger partial charge in [0.05, 0.1) is 5.54 Å². The van der Waals surface area contributed by atoms with E-state index >= 15 is 0 Å². The second kappa shape index (κ2) is 8.66. The second-order valence-electron chi connectivity index (χ2n) is 5.79. The van der Waals surface area contributed by atoms with E-state index in [1.165, 1.54) is 0 Å². The molecule has 0 aliphatic carbocycles. The van der Waals surface area contributed by atoms with Crippen LogP contribution in [0.15, 0.2) is 18.5 Å². The van der Waals surface area contributed by atoms with Crippen molar-refractivity contribution in [2.75, 3.05) is 37.6 Å². The van der Waals surface area contributed by atoms with Crippen LogP contribution in [0.25, 0.3) is 0 Å². The third kappa shape index (κ3) is 4.05. The minimum Gasteiger partial charge on any atom is -0.338 e. The predicted octanol–water partition coefficient (Wildman–Crippen LogP) is 1.50. The van der Waals surface area contributed by atoms with Gasteiger partial charge < -0.3 is 15.1 Å². The maximum atomic E-state index is 12.8.